The zero-order chi connectivity index (χ0) is 10.4. The number of aromatic nitrogens is 1. The number of nitrogens with two attached hydrogens (primary N) is 1. The Bertz CT molecular complexity index is 263. The number of hydrogen-bond acceptors (Lipinski definition) is 2. The van der Waals surface area contributed by atoms with Gasteiger partial charge in [-0.2, -0.15) is 0 Å². The first kappa shape index (κ1) is 11.1. The van der Waals surface area contributed by atoms with Gasteiger partial charge in [-0.15, -0.1) is 0 Å². The summed E-state index contributed by atoms with van der Waals surface area (Å²) in [4.78, 5) is 3.96. The summed E-state index contributed by atoms with van der Waals surface area (Å²) in [5, 5.41) is 0. The van der Waals surface area contributed by atoms with Crippen LogP contribution in [-0.4, -0.2) is 17.2 Å². The van der Waals surface area contributed by atoms with Crippen LogP contribution in [0.15, 0.2) is 24.5 Å². The van der Waals surface area contributed by atoms with Crippen molar-refractivity contribution in [1.82, 2.24) is 4.98 Å². The van der Waals surface area contributed by atoms with E-state index in [1.807, 2.05) is 19.1 Å². The van der Waals surface area contributed by atoms with Gasteiger partial charge in [-0.1, -0.05) is 19.4 Å². The molecule has 0 aliphatic rings. The van der Waals surface area contributed by atoms with Gasteiger partial charge in [0.2, 0.25) is 0 Å². The molecule has 2 nitrogen and oxygen atoms in total. The molecule has 0 aliphatic carbocycles. The Kier molecular flexibility index (Phi) is 4.01. The summed E-state index contributed by atoms with van der Waals surface area (Å²) in [6, 6.07) is 3.70. The van der Waals surface area contributed by atoms with Gasteiger partial charge in [0.05, 0.1) is 0 Å². The lowest BCUT2D eigenvalue weighted by Crippen LogP contribution is -2.35. The van der Waals surface area contributed by atoms with E-state index in [2.05, 4.69) is 4.98 Å². The maximum Gasteiger partial charge on any atom is 0.127 e. The summed E-state index contributed by atoms with van der Waals surface area (Å²) in [5.74, 6) is 0. The summed E-state index contributed by atoms with van der Waals surface area (Å²) in [5.41, 5.74) is 5.09. The van der Waals surface area contributed by atoms with Crippen molar-refractivity contribution in [3.63, 3.8) is 0 Å². The highest BCUT2D eigenvalue weighted by atomic mass is 19.1. The second-order valence-electron chi connectivity index (χ2n) is 3.64. The molecule has 0 spiro atoms. The van der Waals surface area contributed by atoms with Crippen molar-refractivity contribution in [2.75, 3.05) is 6.54 Å². The minimum Gasteiger partial charge on any atom is -0.328 e. The van der Waals surface area contributed by atoms with Crippen LogP contribution in [0.1, 0.15) is 25.3 Å². The van der Waals surface area contributed by atoms with Crippen LogP contribution in [0.4, 0.5) is 4.39 Å². The molecular weight excluding hydrogens is 179 g/mol. The topological polar surface area (TPSA) is 38.9 Å². The Morgan fingerprint density at radius 2 is 2.36 bits per heavy atom. The smallest absolute Gasteiger partial charge is 0.127 e. The molecule has 2 N–H and O–H groups in total. The highest BCUT2D eigenvalue weighted by Gasteiger charge is 2.26. The molecule has 0 amide bonds. The summed E-state index contributed by atoms with van der Waals surface area (Å²) in [7, 11) is 0. The van der Waals surface area contributed by atoms with Crippen LogP contribution in [-0.2, 0) is 6.42 Å². The Labute approximate surface area is 84.3 Å². The molecule has 1 rings (SSSR count). The average molecular weight is 196 g/mol. The van der Waals surface area contributed by atoms with Gasteiger partial charge in [-0.3, -0.25) is 4.98 Å². The molecule has 0 aromatic carbocycles. The number of rotatable bonds is 5. The maximum absolute atomic E-state index is 14.1. The summed E-state index contributed by atoms with van der Waals surface area (Å²) in [6.45, 7) is 2.04. The summed E-state index contributed by atoms with van der Waals surface area (Å²) < 4.78 is 14.1. The van der Waals surface area contributed by atoms with Gasteiger partial charge in [0, 0.05) is 25.4 Å². The number of pyridine rings is 1. The van der Waals surface area contributed by atoms with Crippen molar-refractivity contribution in [3.05, 3.63) is 30.1 Å². The maximum atomic E-state index is 14.1. The highest BCUT2D eigenvalue weighted by Crippen LogP contribution is 2.22. The molecule has 0 aliphatic heterocycles. The molecule has 0 radical (unpaired) electrons. The van der Waals surface area contributed by atoms with Gasteiger partial charge in [0.25, 0.3) is 0 Å². The zero-order valence-electron chi connectivity index (χ0n) is 8.54. The molecule has 0 bridgehead atoms. The predicted molar refractivity (Wildman–Crippen MR) is 55.7 cm³/mol. The van der Waals surface area contributed by atoms with E-state index in [9.17, 15) is 4.39 Å². The minimum atomic E-state index is -1.27. The minimum absolute atomic E-state index is 0.0791. The lowest BCUT2D eigenvalue weighted by Gasteiger charge is -2.22. The molecule has 14 heavy (non-hydrogen) atoms. The SMILES string of the molecule is CCCC(F)(CN)Cc1cccnc1. The van der Waals surface area contributed by atoms with E-state index >= 15 is 0 Å². The monoisotopic (exact) mass is 196 g/mol. The third kappa shape index (κ3) is 3.07. The fourth-order valence-electron chi connectivity index (χ4n) is 1.58. The molecule has 0 fully saturated rings. The normalized spacial score (nSPS) is 15.1. The molecule has 78 valence electrons. The van der Waals surface area contributed by atoms with E-state index < -0.39 is 5.67 Å². The first-order valence-corrected chi connectivity index (χ1v) is 4.98. The molecule has 0 saturated carbocycles. The van der Waals surface area contributed by atoms with Crippen LogP contribution in [0, 0.1) is 0 Å². The van der Waals surface area contributed by atoms with E-state index in [0.717, 1.165) is 12.0 Å². The van der Waals surface area contributed by atoms with Crippen molar-refractivity contribution in [3.8, 4) is 0 Å². The van der Waals surface area contributed by atoms with E-state index in [1.54, 1.807) is 12.4 Å². The highest BCUT2D eigenvalue weighted by molar-refractivity contribution is 5.12. The standard InChI is InChI=1S/C11H17FN2/c1-2-5-11(12,9-13)7-10-4-3-6-14-8-10/h3-4,6,8H,2,5,7,9,13H2,1H3. The molecule has 1 aromatic heterocycles. The average Bonchev–Trinajstić information content (AvgIpc) is 2.20. The lowest BCUT2D eigenvalue weighted by atomic mass is 9.93. The number of hydrogen-bond donors (Lipinski definition) is 1. The van der Waals surface area contributed by atoms with Gasteiger partial charge in [-0.05, 0) is 18.1 Å². The van der Waals surface area contributed by atoms with Crippen LogP contribution in [0.2, 0.25) is 0 Å². The summed E-state index contributed by atoms with van der Waals surface area (Å²) in [6.07, 6.45) is 5.07. The molecule has 1 heterocycles. The van der Waals surface area contributed by atoms with Crippen molar-refractivity contribution >= 4 is 0 Å². The van der Waals surface area contributed by atoms with E-state index in [1.165, 1.54) is 0 Å². The van der Waals surface area contributed by atoms with Crippen LogP contribution < -0.4 is 5.73 Å². The number of nitrogens with zero attached hydrogens (tertiary/aromatic N) is 1. The Balaban J connectivity index is 2.65. The fourth-order valence-corrected chi connectivity index (χ4v) is 1.58. The van der Waals surface area contributed by atoms with Crippen LogP contribution in [0.25, 0.3) is 0 Å². The van der Waals surface area contributed by atoms with Crippen LogP contribution in [0.5, 0.6) is 0 Å². The number of halogens is 1. The molecule has 1 unspecified atom stereocenters. The molecular formula is C11H17FN2. The van der Waals surface area contributed by atoms with Gasteiger partial charge in [0.15, 0.2) is 0 Å². The van der Waals surface area contributed by atoms with Gasteiger partial charge < -0.3 is 5.73 Å². The van der Waals surface area contributed by atoms with Crippen molar-refractivity contribution in [2.45, 2.75) is 31.9 Å². The Morgan fingerprint density at radius 1 is 1.57 bits per heavy atom. The molecule has 1 atom stereocenters. The third-order valence-corrected chi connectivity index (χ3v) is 2.31. The second-order valence-corrected chi connectivity index (χ2v) is 3.64. The Morgan fingerprint density at radius 3 is 2.86 bits per heavy atom. The zero-order valence-corrected chi connectivity index (χ0v) is 8.54. The van der Waals surface area contributed by atoms with Crippen LogP contribution in [0.3, 0.4) is 0 Å². The molecule has 3 heteroatoms. The summed E-state index contributed by atoms with van der Waals surface area (Å²) >= 11 is 0. The lowest BCUT2D eigenvalue weighted by molar-refractivity contribution is 0.158. The Hall–Kier alpha value is -0.960. The van der Waals surface area contributed by atoms with E-state index in [-0.39, 0.29) is 6.54 Å². The van der Waals surface area contributed by atoms with Gasteiger partial charge in [0.1, 0.15) is 5.67 Å². The van der Waals surface area contributed by atoms with Gasteiger partial charge in [-0.25, -0.2) is 4.39 Å². The fraction of sp³-hybridized carbons (Fsp3) is 0.545. The quantitative estimate of drug-likeness (QED) is 0.783. The van der Waals surface area contributed by atoms with E-state index in [4.69, 9.17) is 5.73 Å². The van der Waals surface area contributed by atoms with Crippen molar-refractivity contribution in [1.29, 1.82) is 0 Å². The van der Waals surface area contributed by atoms with E-state index in [0.29, 0.717) is 12.8 Å². The first-order valence-electron chi connectivity index (χ1n) is 4.98. The third-order valence-electron chi connectivity index (χ3n) is 2.31. The van der Waals surface area contributed by atoms with Crippen LogP contribution >= 0.6 is 0 Å². The molecule has 0 saturated heterocycles. The van der Waals surface area contributed by atoms with Crippen molar-refractivity contribution in [2.24, 2.45) is 5.73 Å². The largest absolute Gasteiger partial charge is 0.328 e. The number of alkyl halides is 1. The predicted octanol–water partition coefficient (Wildman–Crippen LogP) is 2.09. The second kappa shape index (κ2) is 5.05. The van der Waals surface area contributed by atoms with Crippen molar-refractivity contribution < 1.29 is 4.39 Å². The molecule has 1 aromatic rings. The first-order chi connectivity index (χ1) is 6.70. The van der Waals surface area contributed by atoms with Gasteiger partial charge >= 0.3 is 0 Å².